The third kappa shape index (κ3) is 3.67. The number of carbonyl (C=O) groups excluding carboxylic acids is 1. The summed E-state index contributed by atoms with van der Waals surface area (Å²) >= 11 is 5.18. The number of anilines is 2. The van der Waals surface area contributed by atoms with Crippen molar-refractivity contribution in [2.75, 3.05) is 16.8 Å². The zero-order valence-electron chi connectivity index (χ0n) is 11.3. The van der Waals surface area contributed by atoms with Gasteiger partial charge in [-0.2, -0.15) is 0 Å². The fourth-order valence-electron chi connectivity index (χ4n) is 2.08. The molecule has 1 saturated heterocycles. The third-order valence-corrected chi connectivity index (χ3v) is 3.15. The van der Waals surface area contributed by atoms with Crippen LogP contribution in [0.4, 0.5) is 11.4 Å². The van der Waals surface area contributed by atoms with E-state index in [0.29, 0.717) is 17.6 Å². The number of carbonyl (C=O) groups is 1. The lowest BCUT2D eigenvalue weighted by Gasteiger charge is -2.17. The number of nitrogens with zero attached hydrogens (tertiary/aromatic N) is 1. The molecule has 4 nitrogen and oxygen atoms in total. The van der Waals surface area contributed by atoms with Gasteiger partial charge in [0, 0.05) is 30.4 Å². The van der Waals surface area contributed by atoms with Crippen molar-refractivity contribution in [3.05, 3.63) is 24.3 Å². The zero-order valence-corrected chi connectivity index (χ0v) is 12.1. The fourth-order valence-corrected chi connectivity index (χ4v) is 2.43. The van der Waals surface area contributed by atoms with Gasteiger partial charge in [0.05, 0.1) is 0 Å². The quantitative estimate of drug-likeness (QED) is 0.833. The lowest BCUT2D eigenvalue weighted by molar-refractivity contribution is -0.117. The van der Waals surface area contributed by atoms with Crippen molar-refractivity contribution in [2.45, 2.75) is 32.7 Å². The van der Waals surface area contributed by atoms with Crippen molar-refractivity contribution in [1.82, 2.24) is 5.32 Å². The van der Waals surface area contributed by atoms with Gasteiger partial charge in [-0.05, 0) is 56.8 Å². The Kier molecular flexibility index (Phi) is 4.37. The van der Waals surface area contributed by atoms with Gasteiger partial charge in [0.1, 0.15) is 0 Å². The summed E-state index contributed by atoms with van der Waals surface area (Å²) in [5, 5.41) is 6.85. The van der Waals surface area contributed by atoms with Gasteiger partial charge in [0.2, 0.25) is 5.91 Å². The number of nitrogens with one attached hydrogen (secondary N) is 2. The molecule has 19 heavy (non-hydrogen) atoms. The standard InChI is InChI=1S/C14H19N3OS/c1-10(2)15-14(19)16-11-5-7-12(8-6-11)17-9-3-4-13(17)18/h5-8,10H,3-4,9H2,1-2H3,(H2,15,16,19). The first-order valence-corrected chi connectivity index (χ1v) is 6.95. The van der Waals surface area contributed by atoms with Crippen LogP contribution >= 0.6 is 12.2 Å². The summed E-state index contributed by atoms with van der Waals surface area (Å²) in [7, 11) is 0. The lowest BCUT2D eigenvalue weighted by atomic mass is 10.2. The minimum Gasteiger partial charge on any atom is -0.360 e. The van der Waals surface area contributed by atoms with Gasteiger partial charge in [-0.1, -0.05) is 0 Å². The van der Waals surface area contributed by atoms with E-state index >= 15 is 0 Å². The van der Waals surface area contributed by atoms with Crippen LogP contribution < -0.4 is 15.5 Å². The van der Waals surface area contributed by atoms with Crippen LogP contribution in [0, 0.1) is 0 Å². The van der Waals surface area contributed by atoms with Crippen molar-refractivity contribution >= 4 is 34.6 Å². The molecular formula is C14H19N3OS. The van der Waals surface area contributed by atoms with Crippen molar-refractivity contribution < 1.29 is 4.79 Å². The molecule has 0 bridgehead atoms. The normalized spacial score (nSPS) is 14.9. The van der Waals surface area contributed by atoms with Gasteiger partial charge in [0.25, 0.3) is 0 Å². The second-order valence-corrected chi connectivity index (χ2v) is 5.36. The van der Waals surface area contributed by atoms with Gasteiger partial charge in [0.15, 0.2) is 5.11 Å². The minimum atomic E-state index is 0.206. The molecule has 0 saturated carbocycles. The van der Waals surface area contributed by atoms with E-state index < -0.39 is 0 Å². The Hall–Kier alpha value is -1.62. The maximum Gasteiger partial charge on any atom is 0.227 e. The molecule has 0 aliphatic carbocycles. The molecule has 5 heteroatoms. The first kappa shape index (κ1) is 13.8. The van der Waals surface area contributed by atoms with E-state index in [1.54, 1.807) is 0 Å². The Morgan fingerprint density at radius 1 is 1.32 bits per heavy atom. The highest BCUT2D eigenvalue weighted by atomic mass is 32.1. The van der Waals surface area contributed by atoms with Gasteiger partial charge in [-0.15, -0.1) is 0 Å². The summed E-state index contributed by atoms with van der Waals surface area (Å²) in [5.41, 5.74) is 1.88. The van der Waals surface area contributed by atoms with Crippen LogP contribution in [0.3, 0.4) is 0 Å². The van der Waals surface area contributed by atoms with Gasteiger partial charge >= 0.3 is 0 Å². The highest BCUT2D eigenvalue weighted by Gasteiger charge is 2.21. The summed E-state index contributed by atoms with van der Waals surface area (Å²) in [4.78, 5) is 13.5. The van der Waals surface area contributed by atoms with Gasteiger partial charge in [-0.3, -0.25) is 4.79 Å². The lowest BCUT2D eigenvalue weighted by Crippen LogP contribution is -2.33. The predicted octanol–water partition coefficient (Wildman–Crippen LogP) is 2.51. The van der Waals surface area contributed by atoms with Crippen LogP contribution in [0.15, 0.2) is 24.3 Å². The van der Waals surface area contributed by atoms with E-state index in [-0.39, 0.29) is 5.91 Å². The van der Waals surface area contributed by atoms with E-state index in [9.17, 15) is 4.79 Å². The van der Waals surface area contributed by atoms with Gasteiger partial charge < -0.3 is 15.5 Å². The van der Waals surface area contributed by atoms with Crippen LogP contribution in [0.25, 0.3) is 0 Å². The summed E-state index contributed by atoms with van der Waals surface area (Å²) in [6.07, 6.45) is 1.60. The molecule has 1 aromatic rings. The average Bonchev–Trinajstić information content (AvgIpc) is 2.75. The van der Waals surface area contributed by atoms with Crippen LogP contribution in [0.1, 0.15) is 26.7 Å². The molecule has 0 unspecified atom stereocenters. The Morgan fingerprint density at radius 3 is 2.53 bits per heavy atom. The number of rotatable bonds is 3. The molecular weight excluding hydrogens is 258 g/mol. The van der Waals surface area contributed by atoms with E-state index in [0.717, 1.165) is 24.3 Å². The molecule has 2 rings (SSSR count). The molecule has 1 aliphatic heterocycles. The Morgan fingerprint density at radius 2 is 2.00 bits per heavy atom. The molecule has 1 aliphatic rings. The monoisotopic (exact) mass is 277 g/mol. The number of amides is 1. The molecule has 0 atom stereocenters. The van der Waals surface area contributed by atoms with E-state index in [1.165, 1.54) is 0 Å². The van der Waals surface area contributed by atoms with E-state index in [2.05, 4.69) is 10.6 Å². The Bertz CT molecular complexity index is 470. The summed E-state index contributed by atoms with van der Waals surface area (Å²) in [6, 6.07) is 8.08. The smallest absolute Gasteiger partial charge is 0.227 e. The maximum atomic E-state index is 11.6. The molecule has 1 amide bonds. The second kappa shape index (κ2) is 6.02. The zero-order chi connectivity index (χ0) is 13.8. The number of hydrogen-bond acceptors (Lipinski definition) is 2. The average molecular weight is 277 g/mol. The van der Waals surface area contributed by atoms with Crippen LogP contribution in [-0.2, 0) is 4.79 Å². The molecule has 102 valence electrons. The van der Waals surface area contributed by atoms with Crippen molar-refractivity contribution in [3.8, 4) is 0 Å². The minimum absolute atomic E-state index is 0.206. The summed E-state index contributed by atoms with van der Waals surface area (Å²) in [5.74, 6) is 0.206. The van der Waals surface area contributed by atoms with Crippen molar-refractivity contribution in [1.29, 1.82) is 0 Å². The Balaban J connectivity index is 1.98. The molecule has 0 aromatic heterocycles. The maximum absolute atomic E-state index is 11.6. The molecule has 1 aromatic carbocycles. The molecule has 1 heterocycles. The number of benzene rings is 1. The molecule has 0 spiro atoms. The largest absolute Gasteiger partial charge is 0.360 e. The molecule has 1 fully saturated rings. The predicted molar refractivity (Wildman–Crippen MR) is 82.5 cm³/mol. The van der Waals surface area contributed by atoms with E-state index in [1.807, 2.05) is 43.0 Å². The van der Waals surface area contributed by atoms with Gasteiger partial charge in [-0.25, -0.2) is 0 Å². The first-order chi connectivity index (χ1) is 9.06. The third-order valence-electron chi connectivity index (χ3n) is 2.93. The van der Waals surface area contributed by atoms with Crippen LogP contribution in [0.2, 0.25) is 0 Å². The highest BCUT2D eigenvalue weighted by molar-refractivity contribution is 7.80. The Labute approximate surface area is 119 Å². The topological polar surface area (TPSA) is 44.4 Å². The summed E-state index contributed by atoms with van der Waals surface area (Å²) in [6.45, 7) is 4.89. The second-order valence-electron chi connectivity index (χ2n) is 4.95. The summed E-state index contributed by atoms with van der Waals surface area (Å²) < 4.78 is 0. The van der Waals surface area contributed by atoms with Crippen molar-refractivity contribution in [2.24, 2.45) is 0 Å². The highest BCUT2D eigenvalue weighted by Crippen LogP contribution is 2.22. The number of thiocarbonyl (C=S) groups is 1. The number of hydrogen-bond donors (Lipinski definition) is 2. The van der Waals surface area contributed by atoms with Crippen LogP contribution in [-0.4, -0.2) is 23.6 Å². The fraction of sp³-hybridized carbons (Fsp3) is 0.429. The molecule has 0 radical (unpaired) electrons. The van der Waals surface area contributed by atoms with Crippen LogP contribution in [0.5, 0.6) is 0 Å². The van der Waals surface area contributed by atoms with E-state index in [4.69, 9.17) is 12.2 Å². The van der Waals surface area contributed by atoms with Crippen molar-refractivity contribution in [3.63, 3.8) is 0 Å². The molecule has 2 N–H and O–H groups in total. The first-order valence-electron chi connectivity index (χ1n) is 6.54. The SMILES string of the molecule is CC(C)NC(=S)Nc1ccc(N2CCCC2=O)cc1.